The van der Waals surface area contributed by atoms with Crippen LogP contribution in [0.4, 0.5) is 0 Å². The van der Waals surface area contributed by atoms with Crippen LogP contribution in [0.3, 0.4) is 0 Å². The van der Waals surface area contributed by atoms with Crippen molar-refractivity contribution < 1.29 is 35.7 Å². The van der Waals surface area contributed by atoms with Gasteiger partial charge in [-0.25, -0.2) is 8.42 Å². The van der Waals surface area contributed by atoms with E-state index in [4.69, 9.17) is 10.7 Å². The van der Waals surface area contributed by atoms with Gasteiger partial charge >= 0.3 is 18.9 Å². The second-order valence-electron chi connectivity index (χ2n) is 4.19. The van der Waals surface area contributed by atoms with Crippen molar-refractivity contribution >= 4 is 30.4 Å². The van der Waals surface area contributed by atoms with Crippen molar-refractivity contribution in [3.05, 3.63) is 23.5 Å². The minimum Gasteiger partial charge on any atom is -0.418 e. The molecule has 0 spiro atoms. The van der Waals surface area contributed by atoms with Gasteiger partial charge in [-0.3, -0.25) is 9.36 Å². The third-order valence-electron chi connectivity index (χ3n) is 2.50. The fourth-order valence-corrected chi connectivity index (χ4v) is 3.70. The van der Waals surface area contributed by atoms with Crippen LogP contribution in [0.1, 0.15) is 11.1 Å². The summed E-state index contributed by atoms with van der Waals surface area (Å²) in [7, 11) is 2.43. The van der Waals surface area contributed by atoms with Gasteiger partial charge in [0.25, 0.3) is 9.05 Å². The zero-order valence-electron chi connectivity index (χ0n) is 12.8. The van der Waals surface area contributed by atoms with Crippen molar-refractivity contribution in [1.82, 2.24) is 19.6 Å². The average molecular weight is 361 g/mol. The molecule has 2 aromatic rings. The first-order valence-electron chi connectivity index (χ1n) is 5.56. The van der Waals surface area contributed by atoms with E-state index >= 15 is 0 Å². The van der Waals surface area contributed by atoms with Gasteiger partial charge in [-0.15, -0.1) is 0 Å². The van der Waals surface area contributed by atoms with E-state index in [-0.39, 0.29) is 28.9 Å². The second-order valence-corrected chi connectivity index (χ2v) is 7.52. The standard InChI is InChI=1S/C5H7ClN2O2S.C5H7N2O2S.Li/c1-4-3-7-8(2)5(4)11(6,9)10;1-4-3-6-7(2)5(4)10(8)9;/h3H,1-2H3;3H,1-2H3;/q;-1;+1. The number of aryl methyl sites for hydroxylation is 4. The van der Waals surface area contributed by atoms with Crippen LogP contribution in [-0.2, 0) is 42.3 Å². The first-order valence-corrected chi connectivity index (χ1v) is 8.95. The van der Waals surface area contributed by atoms with E-state index in [1.165, 1.54) is 28.8 Å². The van der Waals surface area contributed by atoms with Gasteiger partial charge in [-0.2, -0.15) is 10.2 Å². The fraction of sp³-hybridized carbons (Fsp3) is 0.400. The molecule has 0 fully saturated rings. The van der Waals surface area contributed by atoms with Crippen LogP contribution in [0.5, 0.6) is 0 Å². The number of halogens is 1. The summed E-state index contributed by atoms with van der Waals surface area (Å²) < 4.78 is 45.1. The Morgan fingerprint density at radius 3 is 1.68 bits per heavy atom. The molecule has 2 aromatic heterocycles. The predicted octanol–water partition coefficient (Wildman–Crippen LogP) is -1.94. The van der Waals surface area contributed by atoms with Gasteiger partial charge in [-0.1, -0.05) is 0 Å². The van der Waals surface area contributed by atoms with E-state index in [0.717, 1.165) is 0 Å². The van der Waals surface area contributed by atoms with E-state index in [1.54, 1.807) is 20.9 Å². The maximum atomic E-state index is 10.8. The summed E-state index contributed by atoms with van der Waals surface area (Å²) in [6.45, 7) is 3.35. The molecule has 0 saturated heterocycles. The minimum absolute atomic E-state index is 0. The molecule has 0 aliphatic carbocycles. The maximum Gasteiger partial charge on any atom is 1.00 e. The van der Waals surface area contributed by atoms with E-state index in [1.807, 2.05) is 0 Å². The molecule has 22 heavy (non-hydrogen) atoms. The molecule has 0 unspecified atom stereocenters. The maximum absolute atomic E-state index is 10.8. The fourth-order valence-electron chi connectivity index (χ4n) is 1.66. The minimum atomic E-state index is -3.65. The second kappa shape index (κ2) is 8.17. The summed E-state index contributed by atoms with van der Waals surface area (Å²) in [6.07, 6.45) is 2.97. The summed E-state index contributed by atoms with van der Waals surface area (Å²) in [5.74, 6) is 0. The van der Waals surface area contributed by atoms with Gasteiger partial charge in [0, 0.05) is 35.4 Å². The molecule has 0 saturated carbocycles. The van der Waals surface area contributed by atoms with Crippen LogP contribution in [-0.4, -0.2) is 28.0 Å². The topological polar surface area (TPSA) is 104 Å². The summed E-state index contributed by atoms with van der Waals surface area (Å²) in [4.78, 5) is 0. The number of aromatic nitrogens is 4. The molecular formula is C10H14ClLiN4O4S2. The average Bonchev–Trinajstić information content (AvgIpc) is 2.82. The number of rotatable bonds is 2. The molecular weight excluding hydrogens is 347 g/mol. The van der Waals surface area contributed by atoms with Crippen LogP contribution in [0, 0.1) is 13.8 Å². The first-order chi connectivity index (χ1) is 9.55. The summed E-state index contributed by atoms with van der Waals surface area (Å²) >= 11 is 0. The molecule has 0 aliphatic rings. The molecule has 8 nitrogen and oxygen atoms in total. The van der Waals surface area contributed by atoms with Gasteiger partial charge in [0.05, 0.1) is 12.4 Å². The number of nitrogens with zero attached hydrogens (tertiary/aromatic N) is 4. The third kappa shape index (κ3) is 5.14. The molecule has 0 aliphatic heterocycles. The first kappa shape index (κ1) is 21.2. The molecule has 0 amide bonds. The SMILES string of the molecule is Cc1cnn(C)c1S(=O)(=O)Cl.Cc1cnn(C)c1[S-](=O)=O.[Li+]. The van der Waals surface area contributed by atoms with E-state index in [2.05, 4.69) is 10.2 Å². The van der Waals surface area contributed by atoms with Crippen molar-refractivity contribution in [2.24, 2.45) is 14.1 Å². The van der Waals surface area contributed by atoms with E-state index < -0.39 is 19.8 Å². The summed E-state index contributed by atoms with van der Waals surface area (Å²) in [5, 5.41) is 7.80. The number of hydrogen-bond acceptors (Lipinski definition) is 7. The van der Waals surface area contributed by atoms with Crippen LogP contribution in [0.15, 0.2) is 22.4 Å². The van der Waals surface area contributed by atoms with Crippen molar-refractivity contribution in [3.63, 3.8) is 0 Å². The Bertz CT molecular complexity index is 779. The summed E-state index contributed by atoms with van der Waals surface area (Å²) in [6, 6.07) is 0. The third-order valence-corrected chi connectivity index (χ3v) is 4.89. The van der Waals surface area contributed by atoms with Crippen LogP contribution < -0.4 is 18.9 Å². The Morgan fingerprint density at radius 2 is 1.50 bits per heavy atom. The molecule has 0 atom stereocenters. The molecule has 12 heteroatoms. The quantitative estimate of drug-likeness (QED) is 0.350. The smallest absolute Gasteiger partial charge is 0.418 e. The van der Waals surface area contributed by atoms with Crippen molar-refractivity contribution in [3.8, 4) is 0 Å². The molecule has 2 rings (SSSR count). The molecule has 0 N–H and O–H groups in total. The Kier molecular flexibility index (Phi) is 7.88. The predicted molar refractivity (Wildman–Crippen MR) is 75.9 cm³/mol. The van der Waals surface area contributed by atoms with Gasteiger partial charge < -0.3 is 8.42 Å². The van der Waals surface area contributed by atoms with Crippen molar-refractivity contribution in [1.29, 1.82) is 0 Å². The summed E-state index contributed by atoms with van der Waals surface area (Å²) in [5.41, 5.74) is 1.23. The molecule has 118 valence electrons. The normalized spacial score (nSPS) is 10.8. The molecule has 2 heterocycles. The van der Waals surface area contributed by atoms with E-state index in [9.17, 15) is 16.8 Å². The van der Waals surface area contributed by atoms with Gasteiger partial charge in [-0.05, 0) is 30.1 Å². The monoisotopic (exact) mass is 360 g/mol. The zero-order valence-corrected chi connectivity index (χ0v) is 15.2. The molecule has 0 aromatic carbocycles. The number of hydrogen-bond donors (Lipinski definition) is 0. The Morgan fingerprint density at radius 1 is 1.05 bits per heavy atom. The molecule has 0 bridgehead atoms. The largest absolute Gasteiger partial charge is 1.00 e. The van der Waals surface area contributed by atoms with Gasteiger partial charge in [0.1, 0.15) is 0 Å². The van der Waals surface area contributed by atoms with E-state index in [0.29, 0.717) is 11.1 Å². The van der Waals surface area contributed by atoms with Gasteiger partial charge in [0.2, 0.25) is 0 Å². The Balaban J connectivity index is 0.000000385. The van der Waals surface area contributed by atoms with Crippen molar-refractivity contribution in [2.75, 3.05) is 0 Å². The molecule has 0 radical (unpaired) electrons. The van der Waals surface area contributed by atoms with Gasteiger partial charge in [0.15, 0.2) is 5.03 Å². The van der Waals surface area contributed by atoms with Crippen LogP contribution in [0.25, 0.3) is 0 Å². The zero-order chi connectivity index (χ0) is 16.4. The van der Waals surface area contributed by atoms with Crippen LogP contribution >= 0.6 is 10.7 Å². The van der Waals surface area contributed by atoms with Crippen molar-refractivity contribution in [2.45, 2.75) is 23.9 Å². The Hall–Kier alpha value is -0.793. The van der Waals surface area contributed by atoms with Crippen LogP contribution in [0.2, 0.25) is 0 Å². The Labute approximate surface area is 147 Å².